The van der Waals surface area contributed by atoms with Crippen LogP contribution in [-0.4, -0.2) is 13.6 Å². The molecular formula is C16H22ClN. The molecule has 3 rings (SSSR count). The lowest BCUT2D eigenvalue weighted by Gasteiger charge is -2.38. The summed E-state index contributed by atoms with van der Waals surface area (Å²) in [5.41, 5.74) is 1.95. The van der Waals surface area contributed by atoms with E-state index in [4.69, 9.17) is 11.6 Å². The fourth-order valence-corrected chi connectivity index (χ4v) is 4.54. The number of benzene rings is 1. The molecule has 0 saturated heterocycles. The number of halogens is 1. The van der Waals surface area contributed by atoms with Gasteiger partial charge in [0, 0.05) is 11.6 Å². The van der Waals surface area contributed by atoms with E-state index in [2.05, 4.69) is 24.5 Å². The monoisotopic (exact) mass is 263 g/mol. The number of rotatable bonds is 4. The number of hydrogen-bond acceptors (Lipinski definition) is 1. The molecule has 2 bridgehead atoms. The Kier molecular flexibility index (Phi) is 3.38. The molecule has 1 N–H and O–H groups in total. The van der Waals surface area contributed by atoms with Crippen LogP contribution in [0, 0.1) is 17.3 Å². The van der Waals surface area contributed by atoms with Gasteiger partial charge in [-0.2, -0.15) is 0 Å². The summed E-state index contributed by atoms with van der Waals surface area (Å²) in [5, 5.41) is 4.28. The number of fused-ring (bicyclic) bond motifs is 2. The third-order valence-electron chi connectivity index (χ3n) is 5.10. The first-order valence-electron chi connectivity index (χ1n) is 7.11. The first kappa shape index (κ1) is 12.5. The molecule has 0 aromatic heterocycles. The van der Waals surface area contributed by atoms with Crippen molar-refractivity contribution in [1.29, 1.82) is 0 Å². The Hall–Kier alpha value is -0.530. The fraction of sp³-hybridized carbons (Fsp3) is 0.625. The first-order chi connectivity index (χ1) is 8.72. The highest BCUT2D eigenvalue weighted by Crippen LogP contribution is 2.57. The van der Waals surface area contributed by atoms with Crippen LogP contribution in [0.4, 0.5) is 0 Å². The minimum atomic E-state index is 0.505. The Bertz CT molecular complexity index is 414. The molecule has 1 nitrogen and oxygen atoms in total. The van der Waals surface area contributed by atoms with E-state index in [0.717, 1.165) is 23.4 Å². The second kappa shape index (κ2) is 4.86. The van der Waals surface area contributed by atoms with Crippen LogP contribution in [-0.2, 0) is 6.42 Å². The largest absolute Gasteiger partial charge is 0.319 e. The van der Waals surface area contributed by atoms with Crippen LogP contribution in [0.5, 0.6) is 0 Å². The van der Waals surface area contributed by atoms with Crippen LogP contribution in [0.2, 0.25) is 5.02 Å². The SMILES string of the molecule is CNCC1(Cc2ccc(Cl)cc2)CC2CCC1C2. The minimum Gasteiger partial charge on any atom is -0.319 e. The van der Waals surface area contributed by atoms with Crippen LogP contribution in [0.25, 0.3) is 0 Å². The zero-order valence-electron chi connectivity index (χ0n) is 11.1. The summed E-state index contributed by atoms with van der Waals surface area (Å²) in [6.07, 6.45) is 7.01. The standard InChI is InChI=1S/C16H22ClN/c1-18-11-16(10-13-2-5-14(16)8-13)9-12-3-6-15(17)7-4-12/h3-4,6-7,13-14,18H,2,5,8-11H2,1H3. The predicted octanol–water partition coefficient (Wildman–Crippen LogP) is 3.91. The molecule has 3 unspecified atom stereocenters. The van der Waals surface area contributed by atoms with Crippen molar-refractivity contribution >= 4 is 11.6 Å². The van der Waals surface area contributed by atoms with E-state index in [1.54, 1.807) is 0 Å². The van der Waals surface area contributed by atoms with E-state index in [9.17, 15) is 0 Å². The molecule has 18 heavy (non-hydrogen) atoms. The van der Waals surface area contributed by atoms with Gasteiger partial charge in [-0.3, -0.25) is 0 Å². The van der Waals surface area contributed by atoms with E-state index < -0.39 is 0 Å². The van der Waals surface area contributed by atoms with Gasteiger partial charge >= 0.3 is 0 Å². The summed E-state index contributed by atoms with van der Waals surface area (Å²) in [4.78, 5) is 0. The van der Waals surface area contributed by atoms with Gasteiger partial charge in [-0.25, -0.2) is 0 Å². The lowest BCUT2D eigenvalue weighted by Crippen LogP contribution is -2.39. The molecule has 0 radical (unpaired) electrons. The molecule has 0 aliphatic heterocycles. The molecule has 2 aliphatic carbocycles. The molecular weight excluding hydrogens is 242 g/mol. The Balaban J connectivity index is 1.80. The Morgan fingerprint density at radius 1 is 1.28 bits per heavy atom. The zero-order valence-corrected chi connectivity index (χ0v) is 11.8. The van der Waals surface area contributed by atoms with Crippen molar-refractivity contribution in [3.63, 3.8) is 0 Å². The fourth-order valence-electron chi connectivity index (χ4n) is 4.41. The molecule has 98 valence electrons. The first-order valence-corrected chi connectivity index (χ1v) is 7.49. The van der Waals surface area contributed by atoms with Crippen molar-refractivity contribution in [1.82, 2.24) is 5.32 Å². The summed E-state index contributed by atoms with van der Waals surface area (Å²) < 4.78 is 0. The van der Waals surface area contributed by atoms with Gasteiger partial charge in [-0.05, 0) is 67.7 Å². The second-order valence-corrected chi connectivity index (χ2v) is 6.71. The van der Waals surface area contributed by atoms with E-state index in [1.165, 1.54) is 37.7 Å². The van der Waals surface area contributed by atoms with Gasteiger partial charge in [0.15, 0.2) is 0 Å². The van der Waals surface area contributed by atoms with E-state index in [0.29, 0.717) is 5.41 Å². The molecule has 0 spiro atoms. The topological polar surface area (TPSA) is 12.0 Å². The summed E-state index contributed by atoms with van der Waals surface area (Å²) in [5.74, 6) is 1.93. The van der Waals surface area contributed by atoms with Gasteiger partial charge in [0.1, 0.15) is 0 Å². The van der Waals surface area contributed by atoms with Crippen molar-refractivity contribution in [3.8, 4) is 0 Å². The smallest absolute Gasteiger partial charge is 0.0406 e. The number of hydrogen-bond donors (Lipinski definition) is 1. The van der Waals surface area contributed by atoms with Crippen LogP contribution in [0.3, 0.4) is 0 Å². The second-order valence-electron chi connectivity index (χ2n) is 6.28. The van der Waals surface area contributed by atoms with Gasteiger partial charge < -0.3 is 5.32 Å². The van der Waals surface area contributed by atoms with Crippen molar-refractivity contribution in [3.05, 3.63) is 34.9 Å². The van der Waals surface area contributed by atoms with Crippen LogP contribution < -0.4 is 5.32 Å². The summed E-state index contributed by atoms with van der Waals surface area (Å²) in [6.45, 7) is 1.16. The van der Waals surface area contributed by atoms with Crippen LogP contribution in [0.15, 0.2) is 24.3 Å². The zero-order chi connectivity index (χ0) is 12.6. The Morgan fingerprint density at radius 2 is 2.06 bits per heavy atom. The summed E-state index contributed by atoms with van der Waals surface area (Å²) >= 11 is 5.97. The van der Waals surface area contributed by atoms with Crippen LogP contribution in [0.1, 0.15) is 31.2 Å². The van der Waals surface area contributed by atoms with Crippen LogP contribution >= 0.6 is 11.6 Å². The van der Waals surface area contributed by atoms with Gasteiger partial charge in [0.05, 0.1) is 0 Å². The Labute approximate surface area is 115 Å². The molecule has 2 heteroatoms. The highest BCUT2D eigenvalue weighted by molar-refractivity contribution is 6.30. The van der Waals surface area contributed by atoms with Gasteiger partial charge in [-0.1, -0.05) is 30.2 Å². The summed E-state index contributed by atoms with van der Waals surface area (Å²) in [7, 11) is 2.09. The maximum atomic E-state index is 5.97. The normalized spacial score (nSPS) is 34.1. The third kappa shape index (κ3) is 2.19. The quantitative estimate of drug-likeness (QED) is 0.869. The third-order valence-corrected chi connectivity index (χ3v) is 5.35. The van der Waals surface area contributed by atoms with Crippen molar-refractivity contribution in [2.75, 3.05) is 13.6 Å². The lowest BCUT2D eigenvalue weighted by molar-refractivity contribution is 0.160. The van der Waals surface area contributed by atoms with E-state index >= 15 is 0 Å². The van der Waals surface area contributed by atoms with Gasteiger partial charge in [0.2, 0.25) is 0 Å². The maximum Gasteiger partial charge on any atom is 0.0406 e. The number of nitrogens with one attached hydrogen (secondary N) is 1. The van der Waals surface area contributed by atoms with E-state index in [-0.39, 0.29) is 0 Å². The average Bonchev–Trinajstić information content (AvgIpc) is 2.93. The van der Waals surface area contributed by atoms with Crippen molar-refractivity contribution in [2.24, 2.45) is 17.3 Å². The maximum absolute atomic E-state index is 5.97. The minimum absolute atomic E-state index is 0.505. The van der Waals surface area contributed by atoms with Crippen molar-refractivity contribution in [2.45, 2.75) is 32.1 Å². The van der Waals surface area contributed by atoms with E-state index in [1.807, 2.05) is 12.1 Å². The predicted molar refractivity (Wildman–Crippen MR) is 77.0 cm³/mol. The highest BCUT2D eigenvalue weighted by Gasteiger charge is 2.50. The average molecular weight is 264 g/mol. The van der Waals surface area contributed by atoms with Crippen molar-refractivity contribution < 1.29 is 0 Å². The molecule has 0 amide bonds. The Morgan fingerprint density at radius 3 is 2.61 bits per heavy atom. The summed E-state index contributed by atoms with van der Waals surface area (Å²) in [6, 6.07) is 8.45. The molecule has 3 atom stereocenters. The lowest BCUT2D eigenvalue weighted by atomic mass is 9.69. The molecule has 2 aliphatic rings. The highest BCUT2D eigenvalue weighted by atomic mass is 35.5. The molecule has 2 fully saturated rings. The molecule has 1 aromatic carbocycles. The van der Waals surface area contributed by atoms with Gasteiger partial charge in [-0.15, -0.1) is 0 Å². The molecule has 0 heterocycles. The molecule has 2 saturated carbocycles. The molecule has 1 aromatic rings. The van der Waals surface area contributed by atoms with Gasteiger partial charge in [0.25, 0.3) is 0 Å².